The van der Waals surface area contributed by atoms with Crippen LogP contribution in [0.4, 0.5) is 0 Å². The van der Waals surface area contributed by atoms with Crippen LogP contribution >= 0.6 is 0 Å². The molecule has 10 nitrogen and oxygen atoms in total. The van der Waals surface area contributed by atoms with E-state index in [9.17, 15) is 18.8 Å². The zero-order valence-electron chi connectivity index (χ0n) is 21.4. The molecular formula is C27H31N5O5S. The smallest absolute Gasteiger partial charge is 0.258 e. The highest BCUT2D eigenvalue weighted by Crippen LogP contribution is 2.38. The average molecular weight is 538 g/mol. The van der Waals surface area contributed by atoms with Crippen molar-refractivity contribution in [3.63, 3.8) is 0 Å². The topological polar surface area (TPSA) is 142 Å². The first-order valence-corrected chi connectivity index (χ1v) is 14.4. The standard InChI is InChI=1S/C27H31N5O5S/c1-17(2)36-25-9-6-18(14-19(25)15-28)27-29-26(30-37-27)23-5-3-4-22-21(23)7-8-24(22)31-38(34,35)13-12-32-11-10-20(33)16-32/h3-6,9,14,17,20,24,31,33H,7-8,10-13,16H2,1-2H3/t20-,24?/m1/s1. The molecule has 200 valence electrons. The monoisotopic (exact) mass is 537 g/mol. The quantitative estimate of drug-likeness (QED) is 0.421. The maximum Gasteiger partial charge on any atom is 0.258 e. The van der Waals surface area contributed by atoms with E-state index in [1.165, 1.54) is 0 Å². The number of benzene rings is 2. The number of hydrogen-bond donors (Lipinski definition) is 2. The Kier molecular flexibility index (Phi) is 7.49. The molecule has 1 aromatic heterocycles. The van der Waals surface area contributed by atoms with Gasteiger partial charge in [0.1, 0.15) is 11.8 Å². The first kappa shape index (κ1) is 26.3. The molecule has 0 spiro atoms. The Morgan fingerprint density at radius 3 is 2.87 bits per heavy atom. The van der Waals surface area contributed by atoms with E-state index in [1.54, 1.807) is 18.2 Å². The molecule has 1 saturated heterocycles. The molecule has 0 amide bonds. The summed E-state index contributed by atoms with van der Waals surface area (Å²) in [5.74, 6) is 1.19. The summed E-state index contributed by atoms with van der Waals surface area (Å²) in [5, 5.41) is 23.4. The van der Waals surface area contributed by atoms with E-state index in [0.717, 1.165) is 16.7 Å². The van der Waals surface area contributed by atoms with Gasteiger partial charge in [-0.15, -0.1) is 0 Å². The molecule has 0 bridgehead atoms. The summed E-state index contributed by atoms with van der Waals surface area (Å²) < 4.78 is 39.7. The van der Waals surface area contributed by atoms with Gasteiger partial charge in [-0.1, -0.05) is 23.4 Å². The van der Waals surface area contributed by atoms with Gasteiger partial charge in [-0.25, -0.2) is 13.1 Å². The third kappa shape index (κ3) is 5.73. The van der Waals surface area contributed by atoms with Gasteiger partial charge in [0, 0.05) is 36.8 Å². The number of sulfonamides is 1. The van der Waals surface area contributed by atoms with E-state index < -0.39 is 10.0 Å². The van der Waals surface area contributed by atoms with Gasteiger partial charge in [0.2, 0.25) is 15.8 Å². The van der Waals surface area contributed by atoms with Gasteiger partial charge in [0.15, 0.2) is 0 Å². The van der Waals surface area contributed by atoms with Crippen LogP contribution in [-0.2, 0) is 16.4 Å². The summed E-state index contributed by atoms with van der Waals surface area (Å²) in [4.78, 5) is 6.56. The lowest BCUT2D eigenvalue weighted by atomic mass is 10.0. The number of aliphatic hydroxyl groups excluding tert-OH is 1. The molecule has 2 aromatic carbocycles. The molecule has 1 aliphatic heterocycles. The van der Waals surface area contributed by atoms with Crippen molar-refractivity contribution in [3.8, 4) is 34.7 Å². The van der Waals surface area contributed by atoms with E-state index in [4.69, 9.17) is 9.26 Å². The SMILES string of the molecule is CC(C)Oc1ccc(-c2nc(-c3cccc4c3CCC4NS(=O)(=O)CCN3CC[C@@H](O)C3)no2)cc1C#N. The number of aliphatic hydroxyl groups is 1. The van der Waals surface area contributed by atoms with Crippen molar-refractivity contribution in [2.75, 3.05) is 25.4 Å². The fraction of sp³-hybridized carbons (Fsp3) is 0.444. The number of ether oxygens (including phenoxy) is 1. The summed E-state index contributed by atoms with van der Waals surface area (Å²) in [7, 11) is -3.50. The van der Waals surface area contributed by atoms with Crippen molar-refractivity contribution < 1.29 is 22.8 Å². The van der Waals surface area contributed by atoms with Crippen LogP contribution in [-0.4, -0.2) is 66.2 Å². The first-order chi connectivity index (χ1) is 18.2. The molecule has 11 heteroatoms. The van der Waals surface area contributed by atoms with Gasteiger partial charge in [-0.3, -0.25) is 4.90 Å². The molecule has 38 heavy (non-hydrogen) atoms. The van der Waals surface area contributed by atoms with Crippen LogP contribution in [0.2, 0.25) is 0 Å². The van der Waals surface area contributed by atoms with Crippen LogP contribution in [0, 0.1) is 11.3 Å². The zero-order chi connectivity index (χ0) is 26.9. The third-order valence-electron chi connectivity index (χ3n) is 6.89. The van der Waals surface area contributed by atoms with Crippen LogP contribution in [0.5, 0.6) is 5.75 Å². The van der Waals surface area contributed by atoms with Crippen molar-refractivity contribution in [2.24, 2.45) is 0 Å². The van der Waals surface area contributed by atoms with E-state index in [-0.39, 0.29) is 29.9 Å². The van der Waals surface area contributed by atoms with E-state index >= 15 is 0 Å². The molecule has 2 N–H and O–H groups in total. The highest BCUT2D eigenvalue weighted by molar-refractivity contribution is 7.89. The predicted molar refractivity (Wildman–Crippen MR) is 141 cm³/mol. The molecule has 5 rings (SSSR count). The summed E-state index contributed by atoms with van der Waals surface area (Å²) in [6.45, 7) is 5.43. The largest absolute Gasteiger partial charge is 0.490 e. The van der Waals surface area contributed by atoms with Crippen LogP contribution in [0.3, 0.4) is 0 Å². The Bertz CT molecular complexity index is 1460. The lowest BCUT2D eigenvalue weighted by Gasteiger charge is -2.18. The number of β-amino-alcohol motifs (C(OH)–C–C–N with tert-alkyl or cyclic N) is 1. The average Bonchev–Trinajstić information content (AvgIpc) is 3.63. The fourth-order valence-electron chi connectivity index (χ4n) is 5.08. The summed E-state index contributed by atoms with van der Waals surface area (Å²) >= 11 is 0. The Balaban J connectivity index is 1.32. The van der Waals surface area contributed by atoms with Crippen molar-refractivity contribution in [3.05, 3.63) is 53.1 Å². The minimum Gasteiger partial charge on any atom is -0.490 e. The molecule has 2 aliphatic rings. The number of aromatic nitrogens is 2. The molecular weight excluding hydrogens is 506 g/mol. The second kappa shape index (κ2) is 10.8. The second-order valence-corrected chi connectivity index (χ2v) is 11.9. The highest BCUT2D eigenvalue weighted by Gasteiger charge is 2.30. The van der Waals surface area contributed by atoms with E-state index in [2.05, 4.69) is 20.9 Å². The maximum atomic E-state index is 12.8. The van der Waals surface area contributed by atoms with Crippen molar-refractivity contribution in [2.45, 2.75) is 51.4 Å². The number of nitrogens with one attached hydrogen (secondary N) is 1. The number of nitrogens with zero attached hydrogens (tertiary/aromatic N) is 4. The molecule has 3 aromatic rings. The molecule has 2 heterocycles. The second-order valence-electron chi connectivity index (χ2n) is 10.1. The molecule has 0 saturated carbocycles. The number of hydrogen-bond acceptors (Lipinski definition) is 9. The Morgan fingerprint density at radius 1 is 1.29 bits per heavy atom. The van der Waals surface area contributed by atoms with Crippen LogP contribution in [0.15, 0.2) is 40.9 Å². The van der Waals surface area contributed by atoms with E-state index in [1.807, 2.05) is 36.9 Å². The van der Waals surface area contributed by atoms with Crippen molar-refractivity contribution in [1.29, 1.82) is 5.26 Å². The Labute approximate surface area is 222 Å². The molecule has 1 unspecified atom stereocenters. The maximum absolute atomic E-state index is 12.8. The lowest BCUT2D eigenvalue weighted by Crippen LogP contribution is -2.35. The van der Waals surface area contributed by atoms with Crippen LogP contribution in [0.25, 0.3) is 22.8 Å². The normalized spacial score (nSPS) is 19.6. The van der Waals surface area contributed by atoms with Gasteiger partial charge in [0.05, 0.1) is 23.5 Å². The molecule has 2 atom stereocenters. The number of rotatable bonds is 9. The van der Waals surface area contributed by atoms with Crippen molar-refractivity contribution >= 4 is 10.0 Å². The summed E-state index contributed by atoms with van der Waals surface area (Å²) in [5.41, 5.74) is 3.70. The van der Waals surface area contributed by atoms with Gasteiger partial charge >= 0.3 is 0 Å². The fourth-order valence-corrected chi connectivity index (χ4v) is 6.38. The van der Waals surface area contributed by atoms with Gasteiger partial charge in [-0.05, 0) is 62.4 Å². The molecule has 1 aliphatic carbocycles. The minimum absolute atomic E-state index is 0.00880. The summed E-state index contributed by atoms with van der Waals surface area (Å²) in [6, 6.07) is 12.7. The number of nitriles is 1. The van der Waals surface area contributed by atoms with Crippen LogP contribution in [0.1, 0.15) is 49.4 Å². The van der Waals surface area contributed by atoms with Crippen molar-refractivity contribution in [1.82, 2.24) is 19.8 Å². The number of fused-ring (bicyclic) bond motifs is 1. The predicted octanol–water partition coefficient (Wildman–Crippen LogP) is 3.04. The Hall–Kier alpha value is -3.30. The first-order valence-electron chi connectivity index (χ1n) is 12.8. The minimum atomic E-state index is -3.50. The summed E-state index contributed by atoms with van der Waals surface area (Å²) in [6.07, 6.45) is 1.57. The van der Waals surface area contributed by atoms with Gasteiger partial charge < -0.3 is 14.4 Å². The zero-order valence-corrected chi connectivity index (χ0v) is 22.2. The van der Waals surface area contributed by atoms with Gasteiger partial charge in [-0.2, -0.15) is 10.2 Å². The third-order valence-corrected chi connectivity index (χ3v) is 8.26. The lowest BCUT2D eigenvalue weighted by molar-refractivity contribution is 0.178. The molecule has 1 fully saturated rings. The molecule has 0 radical (unpaired) electrons. The number of likely N-dealkylation sites (tertiary alicyclic amines) is 1. The Morgan fingerprint density at radius 2 is 2.13 bits per heavy atom. The van der Waals surface area contributed by atoms with Gasteiger partial charge in [0.25, 0.3) is 5.89 Å². The van der Waals surface area contributed by atoms with E-state index in [0.29, 0.717) is 61.6 Å². The highest BCUT2D eigenvalue weighted by atomic mass is 32.2. The van der Waals surface area contributed by atoms with Crippen LogP contribution < -0.4 is 9.46 Å².